The highest BCUT2D eigenvalue weighted by Gasteiger charge is 2.36. The summed E-state index contributed by atoms with van der Waals surface area (Å²) in [5.41, 5.74) is 0.534. The summed E-state index contributed by atoms with van der Waals surface area (Å²) in [5, 5.41) is 8.92. The predicted molar refractivity (Wildman–Crippen MR) is 96.9 cm³/mol. The summed E-state index contributed by atoms with van der Waals surface area (Å²) in [6, 6.07) is 8.21. The molecule has 0 saturated heterocycles. The Morgan fingerprint density at radius 1 is 1.31 bits per heavy atom. The molecule has 3 aromatic rings. The summed E-state index contributed by atoms with van der Waals surface area (Å²) < 4.78 is 14.3. The van der Waals surface area contributed by atoms with E-state index in [0.717, 1.165) is 4.90 Å². The number of fused-ring (bicyclic) bond motifs is 2. The van der Waals surface area contributed by atoms with Crippen LogP contribution in [-0.2, 0) is 16.1 Å². The lowest BCUT2D eigenvalue weighted by atomic mass is 10.2. The first-order chi connectivity index (χ1) is 12.5. The molecule has 1 atom stereocenters. The third kappa shape index (κ3) is 3.04. The van der Waals surface area contributed by atoms with Crippen molar-refractivity contribution in [1.29, 1.82) is 0 Å². The van der Waals surface area contributed by atoms with E-state index in [0.29, 0.717) is 21.0 Å². The Morgan fingerprint density at radius 3 is 2.92 bits per heavy atom. The minimum Gasteiger partial charge on any atom is -0.481 e. The number of anilines is 1. The molecule has 0 aliphatic carbocycles. The molecule has 0 bridgehead atoms. The van der Waals surface area contributed by atoms with E-state index < -0.39 is 11.2 Å². The maximum Gasteiger partial charge on any atom is 0.305 e. The number of halogens is 1. The maximum absolute atomic E-state index is 13.9. The first kappa shape index (κ1) is 16.9. The maximum atomic E-state index is 13.9. The Labute approximate surface area is 155 Å². The van der Waals surface area contributed by atoms with Gasteiger partial charge < -0.3 is 5.11 Å². The van der Waals surface area contributed by atoms with Crippen molar-refractivity contribution in [3.05, 3.63) is 47.4 Å². The molecule has 6 nitrogen and oxygen atoms in total. The fourth-order valence-electron chi connectivity index (χ4n) is 2.76. The van der Waals surface area contributed by atoms with Crippen LogP contribution in [-0.4, -0.2) is 32.2 Å². The van der Waals surface area contributed by atoms with Crippen molar-refractivity contribution < 1.29 is 19.1 Å². The molecule has 1 unspecified atom stereocenters. The van der Waals surface area contributed by atoms with Crippen molar-refractivity contribution in [3.8, 4) is 0 Å². The zero-order chi connectivity index (χ0) is 18.3. The second-order valence-corrected chi connectivity index (χ2v) is 7.98. The van der Waals surface area contributed by atoms with Crippen LogP contribution in [0.2, 0.25) is 0 Å². The number of amides is 1. The molecular formula is C17H12FN3O3S2. The number of thiazole rings is 1. The lowest BCUT2D eigenvalue weighted by Crippen LogP contribution is -2.41. The molecule has 1 aliphatic rings. The molecule has 132 valence electrons. The van der Waals surface area contributed by atoms with Gasteiger partial charge in [0, 0.05) is 6.20 Å². The molecule has 1 aromatic carbocycles. The van der Waals surface area contributed by atoms with E-state index in [4.69, 9.17) is 5.11 Å². The van der Waals surface area contributed by atoms with E-state index in [-0.39, 0.29) is 24.7 Å². The summed E-state index contributed by atoms with van der Waals surface area (Å²) in [6.45, 7) is 0.123. The number of rotatable bonds is 4. The van der Waals surface area contributed by atoms with Gasteiger partial charge in [-0.3, -0.25) is 14.5 Å². The molecule has 9 heteroatoms. The molecule has 0 fully saturated rings. The predicted octanol–water partition coefficient (Wildman–Crippen LogP) is 3.31. The van der Waals surface area contributed by atoms with Gasteiger partial charge in [-0.2, -0.15) is 0 Å². The Hall–Kier alpha value is -2.52. The number of aromatic nitrogens is 2. The first-order valence-corrected chi connectivity index (χ1v) is 9.41. The van der Waals surface area contributed by atoms with Crippen LogP contribution in [0.3, 0.4) is 0 Å². The number of carboxylic acid groups (broad SMARTS) is 1. The van der Waals surface area contributed by atoms with Gasteiger partial charge in [0.25, 0.3) is 0 Å². The number of hydrogen-bond donors (Lipinski definition) is 1. The first-order valence-electron chi connectivity index (χ1n) is 7.71. The van der Waals surface area contributed by atoms with Gasteiger partial charge >= 0.3 is 5.97 Å². The number of carbonyl (C=O) groups is 2. The average molecular weight is 389 g/mol. The van der Waals surface area contributed by atoms with Crippen LogP contribution >= 0.6 is 23.1 Å². The zero-order valence-corrected chi connectivity index (χ0v) is 14.9. The van der Waals surface area contributed by atoms with Crippen LogP contribution in [0.5, 0.6) is 0 Å². The highest BCUT2D eigenvalue weighted by molar-refractivity contribution is 8.01. The van der Waals surface area contributed by atoms with Crippen LogP contribution < -0.4 is 4.90 Å². The van der Waals surface area contributed by atoms with Gasteiger partial charge in [0.1, 0.15) is 16.6 Å². The fourth-order valence-corrected chi connectivity index (χ4v) is 4.91. The molecule has 3 heterocycles. The van der Waals surface area contributed by atoms with E-state index >= 15 is 0 Å². The Bertz CT molecular complexity index is 1020. The SMILES string of the molecule is O=C(O)CC1Sc2cccnc2N(Cc2nc3cccc(F)c3s2)C1=O. The molecular weight excluding hydrogens is 377 g/mol. The smallest absolute Gasteiger partial charge is 0.305 e. The van der Waals surface area contributed by atoms with Gasteiger partial charge in [-0.05, 0) is 24.3 Å². The normalized spacial score (nSPS) is 16.7. The minimum atomic E-state index is -1.04. The number of aliphatic carboxylic acids is 1. The Kier molecular flexibility index (Phi) is 4.33. The topological polar surface area (TPSA) is 83.4 Å². The van der Waals surface area contributed by atoms with Crippen LogP contribution in [0.1, 0.15) is 11.4 Å². The number of carboxylic acids is 1. The summed E-state index contributed by atoms with van der Waals surface area (Å²) in [5.74, 6) is -1.24. The molecule has 1 N–H and O–H groups in total. The number of benzene rings is 1. The van der Waals surface area contributed by atoms with Gasteiger partial charge in [-0.1, -0.05) is 6.07 Å². The fraction of sp³-hybridized carbons (Fsp3) is 0.176. The average Bonchev–Trinajstić information content (AvgIpc) is 3.02. The van der Waals surface area contributed by atoms with Crippen molar-refractivity contribution in [2.75, 3.05) is 4.90 Å². The monoisotopic (exact) mass is 389 g/mol. The van der Waals surface area contributed by atoms with Crippen molar-refractivity contribution in [2.45, 2.75) is 23.1 Å². The van der Waals surface area contributed by atoms with Gasteiger partial charge in [-0.15, -0.1) is 23.1 Å². The zero-order valence-electron chi connectivity index (χ0n) is 13.3. The summed E-state index contributed by atoms with van der Waals surface area (Å²) >= 11 is 2.38. The number of carbonyl (C=O) groups excluding carboxylic acids is 1. The van der Waals surface area contributed by atoms with Crippen LogP contribution in [0.15, 0.2) is 41.4 Å². The second kappa shape index (κ2) is 6.65. The molecule has 0 radical (unpaired) electrons. The van der Waals surface area contributed by atoms with Crippen molar-refractivity contribution >= 4 is 51.0 Å². The molecule has 1 amide bonds. The Balaban J connectivity index is 1.71. The van der Waals surface area contributed by atoms with E-state index in [1.807, 2.05) is 0 Å². The van der Waals surface area contributed by atoms with E-state index in [1.165, 1.54) is 34.1 Å². The number of pyridine rings is 1. The van der Waals surface area contributed by atoms with E-state index in [2.05, 4.69) is 9.97 Å². The number of hydrogen-bond acceptors (Lipinski definition) is 6. The van der Waals surface area contributed by atoms with Crippen molar-refractivity contribution in [3.63, 3.8) is 0 Å². The van der Waals surface area contributed by atoms with Gasteiger partial charge in [0.2, 0.25) is 5.91 Å². The van der Waals surface area contributed by atoms with Crippen LogP contribution in [0, 0.1) is 5.82 Å². The molecule has 4 rings (SSSR count). The quantitative estimate of drug-likeness (QED) is 0.737. The third-order valence-electron chi connectivity index (χ3n) is 3.88. The molecule has 26 heavy (non-hydrogen) atoms. The largest absolute Gasteiger partial charge is 0.481 e. The summed E-state index contributed by atoms with van der Waals surface area (Å²) in [6.07, 6.45) is 1.30. The molecule has 2 aromatic heterocycles. The van der Waals surface area contributed by atoms with E-state index in [9.17, 15) is 14.0 Å². The third-order valence-corrected chi connectivity index (χ3v) is 6.17. The number of thioether (sulfide) groups is 1. The van der Waals surface area contributed by atoms with Crippen molar-refractivity contribution in [1.82, 2.24) is 9.97 Å². The van der Waals surface area contributed by atoms with Crippen LogP contribution in [0.25, 0.3) is 10.2 Å². The lowest BCUT2D eigenvalue weighted by Gasteiger charge is -2.31. The van der Waals surface area contributed by atoms with Gasteiger partial charge in [0.05, 0.1) is 33.3 Å². The van der Waals surface area contributed by atoms with Crippen molar-refractivity contribution in [2.24, 2.45) is 0 Å². The van der Waals surface area contributed by atoms with Crippen LogP contribution in [0.4, 0.5) is 10.2 Å². The molecule has 1 aliphatic heterocycles. The molecule has 0 spiro atoms. The van der Waals surface area contributed by atoms with E-state index in [1.54, 1.807) is 30.5 Å². The highest BCUT2D eigenvalue weighted by atomic mass is 32.2. The van der Waals surface area contributed by atoms with Gasteiger partial charge in [0.15, 0.2) is 0 Å². The summed E-state index contributed by atoms with van der Waals surface area (Å²) in [7, 11) is 0. The van der Waals surface area contributed by atoms with Gasteiger partial charge in [-0.25, -0.2) is 14.4 Å². The highest BCUT2D eigenvalue weighted by Crippen LogP contribution is 2.40. The Morgan fingerprint density at radius 2 is 2.15 bits per heavy atom. The summed E-state index contributed by atoms with van der Waals surface area (Å²) in [4.78, 5) is 34.8. The number of nitrogens with zero attached hydrogens (tertiary/aromatic N) is 3. The molecule has 0 saturated carbocycles. The second-order valence-electron chi connectivity index (χ2n) is 5.65. The minimum absolute atomic E-state index is 0.123. The lowest BCUT2D eigenvalue weighted by molar-refractivity contribution is -0.138. The standard InChI is InChI=1S/C17H12FN3O3S2/c18-9-3-1-4-10-15(9)26-13(20-10)8-21-16-11(5-2-6-19-16)25-12(17(21)24)7-14(22)23/h1-6,12H,7-8H2,(H,22,23).